The summed E-state index contributed by atoms with van der Waals surface area (Å²) in [7, 11) is -1.73. The second-order valence-electron chi connectivity index (χ2n) is 10.5. The minimum absolute atomic E-state index is 0.169. The maximum absolute atomic E-state index is 13.1. The van der Waals surface area contributed by atoms with Gasteiger partial charge in [0.25, 0.3) is 0 Å². The fraction of sp³-hybridized carbons (Fsp3) is 0.379. The van der Waals surface area contributed by atoms with Gasteiger partial charge >= 0.3 is 24.3 Å². The average Bonchev–Trinajstić information content (AvgIpc) is 2.99. The number of fused-ring (bicyclic) bond motifs is 1. The normalized spacial score (nSPS) is 16.9. The van der Waals surface area contributed by atoms with E-state index in [1.165, 1.54) is 12.1 Å². The lowest BCUT2D eigenvalue weighted by Gasteiger charge is -2.35. The number of hydrogen-bond acceptors (Lipinski definition) is 9. The fourth-order valence-electron chi connectivity index (χ4n) is 4.61. The predicted molar refractivity (Wildman–Crippen MR) is 156 cm³/mol. The van der Waals surface area contributed by atoms with Crippen LogP contribution in [0.25, 0.3) is 10.9 Å². The second kappa shape index (κ2) is 16.6. The number of carbonyl (C=O) groups excluding carboxylic acids is 1. The Morgan fingerprint density at radius 1 is 0.979 bits per heavy atom. The molecule has 2 atom stereocenters. The summed E-state index contributed by atoms with van der Waals surface area (Å²) in [5.74, 6) is -6.60. The maximum Gasteiger partial charge on any atom is 0.490 e. The van der Waals surface area contributed by atoms with Gasteiger partial charge in [0.05, 0.1) is 16.2 Å². The number of sulfone groups is 1. The first-order chi connectivity index (χ1) is 22.1. The summed E-state index contributed by atoms with van der Waals surface area (Å²) < 4.78 is 95.6. The molecule has 4 rings (SSSR count). The lowest BCUT2D eigenvalue weighted by atomic mass is 9.86. The molecule has 0 aliphatic carbocycles. The third-order valence-corrected chi connectivity index (χ3v) is 8.67. The number of carboxylic acid groups (broad SMARTS) is 2. The van der Waals surface area contributed by atoms with Crippen LogP contribution in [-0.4, -0.2) is 89.8 Å². The average molecular weight is 712 g/mol. The number of nitrogens with zero attached hydrogens (tertiary/aromatic N) is 2. The van der Waals surface area contributed by atoms with Gasteiger partial charge in [0, 0.05) is 29.1 Å². The molecule has 2 heterocycles. The molecule has 0 saturated carbocycles. The quantitative estimate of drug-likeness (QED) is 0.156. The monoisotopic (exact) mass is 711 g/mol. The molecule has 3 aromatic rings. The second-order valence-corrected chi connectivity index (χ2v) is 12.5. The Labute approximate surface area is 269 Å². The van der Waals surface area contributed by atoms with Gasteiger partial charge in [0.1, 0.15) is 12.4 Å². The predicted octanol–water partition coefficient (Wildman–Crippen LogP) is 4.24. The molecular formula is C29H31F6N3O9S. The number of nitrogens with one attached hydrogen (secondary N) is 1. The number of amides is 1. The number of aromatic nitrogens is 1. The van der Waals surface area contributed by atoms with Crippen molar-refractivity contribution in [3.05, 3.63) is 65.9 Å². The molecule has 4 N–H and O–H groups in total. The van der Waals surface area contributed by atoms with Gasteiger partial charge in [-0.1, -0.05) is 18.2 Å². The van der Waals surface area contributed by atoms with Gasteiger partial charge in [-0.25, -0.2) is 23.5 Å². The molecule has 1 saturated heterocycles. The van der Waals surface area contributed by atoms with Gasteiger partial charge in [-0.05, 0) is 69.3 Å². The third kappa shape index (κ3) is 11.9. The fourth-order valence-corrected chi connectivity index (χ4v) is 6.25. The summed E-state index contributed by atoms with van der Waals surface area (Å²) in [4.78, 5) is 36.6. The molecule has 264 valence electrons. The van der Waals surface area contributed by atoms with Crippen LogP contribution in [0.2, 0.25) is 0 Å². The lowest BCUT2D eigenvalue weighted by molar-refractivity contribution is -0.193. The number of alkyl halides is 6. The highest BCUT2D eigenvalue weighted by Gasteiger charge is 2.39. The van der Waals surface area contributed by atoms with Crippen LogP contribution in [0.5, 0.6) is 5.75 Å². The van der Waals surface area contributed by atoms with E-state index in [0.717, 1.165) is 22.2 Å². The number of para-hydroxylation sites is 1. The summed E-state index contributed by atoms with van der Waals surface area (Å²) in [5.41, 5.74) is 4.50. The van der Waals surface area contributed by atoms with Crippen LogP contribution in [0.1, 0.15) is 17.7 Å². The molecule has 1 aliphatic rings. The van der Waals surface area contributed by atoms with Gasteiger partial charge in [0.15, 0.2) is 9.84 Å². The number of hydroxylamine groups is 1. The summed E-state index contributed by atoms with van der Waals surface area (Å²) in [6, 6.07) is 16.2. The van der Waals surface area contributed by atoms with Crippen molar-refractivity contribution in [1.82, 2.24) is 15.4 Å². The van der Waals surface area contributed by atoms with Gasteiger partial charge in [-0.2, -0.15) is 26.3 Å². The molecule has 0 bridgehead atoms. The Bertz CT molecular complexity index is 1660. The molecule has 1 aromatic heterocycles. The van der Waals surface area contributed by atoms with E-state index in [2.05, 4.69) is 4.98 Å². The van der Waals surface area contributed by atoms with E-state index < -0.39 is 51.9 Å². The molecule has 1 fully saturated rings. The van der Waals surface area contributed by atoms with Crippen molar-refractivity contribution in [2.75, 3.05) is 25.9 Å². The van der Waals surface area contributed by atoms with Crippen molar-refractivity contribution in [2.24, 2.45) is 11.8 Å². The number of aryl methyl sites for hydroxylation is 1. The van der Waals surface area contributed by atoms with Crippen LogP contribution in [0, 0.1) is 18.8 Å². The maximum atomic E-state index is 13.1. The highest BCUT2D eigenvalue weighted by Crippen LogP contribution is 2.28. The van der Waals surface area contributed by atoms with Crippen molar-refractivity contribution >= 4 is 38.6 Å². The van der Waals surface area contributed by atoms with Gasteiger partial charge in [-0.3, -0.25) is 15.0 Å². The summed E-state index contributed by atoms with van der Waals surface area (Å²) in [6.45, 7) is 3.42. The Hall–Kier alpha value is -4.49. The molecule has 0 radical (unpaired) electrons. The topological polar surface area (TPSA) is 183 Å². The zero-order valence-electron chi connectivity index (χ0n) is 25.2. The number of aliphatic carboxylic acids is 2. The highest BCUT2D eigenvalue weighted by atomic mass is 32.2. The first-order valence-electron chi connectivity index (χ1n) is 13.7. The molecule has 1 amide bonds. The number of rotatable bonds is 7. The number of benzene rings is 2. The van der Waals surface area contributed by atoms with Crippen LogP contribution >= 0.6 is 0 Å². The zero-order chi connectivity index (χ0) is 36.4. The van der Waals surface area contributed by atoms with Gasteiger partial charge < -0.3 is 19.8 Å². The molecule has 12 nitrogen and oxygen atoms in total. The Balaban J connectivity index is 0.000000479. The van der Waals surface area contributed by atoms with E-state index >= 15 is 0 Å². The standard InChI is InChI=1S/C25H29N3O5S.2C2HF3O2/c1-17-13-18(22-5-3-4-6-24(22)26-17)15-33-20-7-9-21(10-8-20)34(31,32)16-19-14-28(2)12-11-23(19)25(29)27-30;2*3-2(4,5)1(6)7/h3-10,13,19,23,30H,11-12,14-16H2,1-2H3,(H,27,29);2*(H,6,7)/t19-,23-;;/m0../s1. The summed E-state index contributed by atoms with van der Waals surface area (Å²) >= 11 is 0. The first kappa shape index (κ1) is 39.7. The van der Waals surface area contributed by atoms with Crippen molar-refractivity contribution in [3.8, 4) is 5.75 Å². The Kier molecular flexibility index (Phi) is 13.7. The van der Waals surface area contributed by atoms with E-state index in [4.69, 9.17) is 29.7 Å². The summed E-state index contributed by atoms with van der Waals surface area (Å²) in [6.07, 6.45) is -9.67. The lowest BCUT2D eigenvalue weighted by Crippen LogP contribution is -2.46. The molecule has 48 heavy (non-hydrogen) atoms. The van der Waals surface area contributed by atoms with E-state index in [-0.39, 0.29) is 10.6 Å². The first-order valence-corrected chi connectivity index (χ1v) is 15.3. The largest absolute Gasteiger partial charge is 0.490 e. The molecule has 2 aromatic carbocycles. The minimum Gasteiger partial charge on any atom is -0.489 e. The number of carboxylic acids is 2. The third-order valence-electron chi connectivity index (χ3n) is 6.81. The van der Waals surface area contributed by atoms with Crippen LogP contribution < -0.4 is 10.2 Å². The Morgan fingerprint density at radius 3 is 2.04 bits per heavy atom. The number of ether oxygens (including phenoxy) is 1. The number of pyridine rings is 1. The molecule has 0 unspecified atom stereocenters. The molecular weight excluding hydrogens is 680 g/mol. The van der Waals surface area contributed by atoms with E-state index in [1.54, 1.807) is 17.6 Å². The zero-order valence-corrected chi connectivity index (χ0v) is 26.1. The number of hydrogen-bond donors (Lipinski definition) is 4. The van der Waals surface area contributed by atoms with Crippen molar-refractivity contribution in [2.45, 2.75) is 37.2 Å². The smallest absolute Gasteiger partial charge is 0.489 e. The molecule has 1 aliphatic heterocycles. The number of halogens is 6. The van der Waals surface area contributed by atoms with Crippen LogP contribution in [0.15, 0.2) is 59.5 Å². The van der Waals surface area contributed by atoms with Crippen LogP contribution in [0.4, 0.5) is 26.3 Å². The Morgan fingerprint density at radius 2 is 1.52 bits per heavy atom. The van der Waals surface area contributed by atoms with Crippen molar-refractivity contribution < 1.29 is 69.3 Å². The van der Waals surface area contributed by atoms with Crippen molar-refractivity contribution in [3.63, 3.8) is 0 Å². The van der Waals surface area contributed by atoms with Crippen LogP contribution in [-0.2, 0) is 30.8 Å². The van der Waals surface area contributed by atoms with Gasteiger partial charge in [-0.15, -0.1) is 0 Å². The number of likely N-dealkylation sites (tertiary alicyclic amines) is 1. The minimum atomic E-state index is -5.08. The molecule has 19 heteroatoms. The summed E-state index contributed by atoms with van der Waals surface area (Å²) in [5, 5.41) is 24.3. The van der Waals surface area contributed by atoms with Crippen molar-refractivity contribution in [1.29, 1.82) is 0 Å². The molecule has 0 spiro atoms. The number of carbonyl (C=O) groups is 3. The van der Waals surface area contributed by atoms with Gasteiger partial charge in [0.2, 0.25) is 5.91 Å². The highest BCUT2D eigenvalue weighted by molar-refractivity contribution is 7.91. The van der Waals surface area contributed by atoms with Crippen LogP contribution in [0.3, 0.4) is 0 Å². The number of piperidine rings is 1. The SMILES string of the molecule is Cc1cc(COc2ccc(S(=O)(=O)C[C@@H]3CN(C)CC[C@@H]3C(=O)NO)cc2)c2ccccc2n1.O=C(O)C(F)(F)F.O=C(O)C(F)(F)F. The van der Waals surface area contributed by atoms with E-state index in [9.17, 15) is 39.6 Å². The van der Waals surface area contributed by atoms with E-state index in [1.807, 2.05) is 49.2 Å². The van der Waals surface area contributed by atoms with E-state index in [0.29, 0.717) is 31.9 Å².